The topological polar surface area (TPSA) is 12.5 Å². The lowest BCUT2D eigenvalue weighted by Gasteiger charge is -2.48. The van der Waals surface area contributed by atoms with Crippen LogP contribution in [0.4, 0.5) is 0 Å². The van der Waals surface area contributed by atoms with Gasteiger partial charge in [0.25, 0.3) is 0 Å². The Kier molecular flexibility index (Phi) is 4.80. The van der Waals surface area contributed by atoms with Crippen LogP contribution < -0.4 is 4.74 Å². The number of ether oxygens (including phenoxy) is 1. The summed E-state index contributed by atoms with van der Waals surface area (Å²) in [7, 11) is 1.71. The molecule has 0 amide bonds. The van der Waals surface area contributed by atoms with Crippen molar-refractivity contribution in [2.24, 2.45) is 0 Å². The number of nitrogens with zero attached hydrogens (tertiary/aromatic N) is 1. The van der Waals surface area contributed by atoms with Crippen LogP contribution in [0.3, 0.4) is 0 Å². The van der Waals surface area contributed by atoms with Crippen molar-refractivity contribution in [1.82, 2.24) is 4.90 Å². The van der Waals surface area contributed by atoms with Crippen LogP contribution in [0.25, 0.3) is 0 Å². The first-order chi connectivity index (χ1) is 10.3. The molecule has 0 spiro atoms. The molecule has 1 aliphatic rings. The van der Waals surface area contributed by atoms with Crippen LogP contribution >= 0.6 is 22.6 Å². The molecule has 2 atom stereocenters. The Balaban J connectivity index is 1.74. The molecule has 110 valence electrons. The maximum absolute atomic E-state index is 5.23. The van der Waals surface area contributed by atoms with Gasteiger partial charge in [-0.25, -0.2) is 0 Å². The molecule has 0 aromatic heterocycles. The van der Waals surface area contributed by atoms with Gasteiger partial charge in [0.15, 0.2) is 0 Å². The van der Waals surface area contributed by atoms with Crippen LogP contribution in [0.15, 0.2) is 54.6 Å². The van der Waals surface area contributed by atoms with E-state index in [-0.39, 0.29) is 0 Å². The van der Waals surface area contributed by atoms with Gasteiger partial charge in [0, 0.05) is 23.1 Å². The lowest BCUT2D eigenvalue weighted by molar-refractivity contribution is 0.0211. The number of benzene rings is 2. The molecule has 3 rings (SSSR count). The molecule has 1 heterocycles. The molecule has 0 saturated carbocycles. The van der Waals surface area contributed by atoms with Crippen molar-refractivity contribution in [1.29, 1.82) is 0 Å². The molecule has 3 heteroatoms. The van der Waals surface area contributed by atoms with Crippen LogP contribution in [0, 0.1) is 0 Å². The van der Waals surface area contributed by atoms with E-state index in [1.165, 1.54) is 22.0 Å². The van der Waals surface area contributed by atoms with Crippen LogP contribution in [-0.2, 0) is 6.54 Å². The van der Waals surface area contributed by atoms with Gasteiger partial charge in [-0.3, -0.25) is 4.90 Å². The number of hydrogen-bond donors (Lipinski definition) is 0. The minimum Gasteiger partial charge on any atom is -0.497 e. The summed E-state index contributed by atoms with van der Waals surface area (Å²) in [5.41, 5.74) is 2.79. The summed E-state index contributed by atoms with van der Waals surface area (Å²) in [6.07, 6.45) is 1.27. The fourth-order valence-electron chi connectivity index (χ4n) is 2.98. The van der Waals surface area contributed by atoms with Crippen molar-refractivity contribution in [3.63, 3.8) is 0 Å². The Morgan fingerprint density at radius 1 is 1.10 bits per heavy atom. The molecule has 2 aromatic rings. The minimum absolute atomic E-state index is 0.563. The highest BCUT2D eigenvalue weighted by Gasteiger charge is 2.37. The average molecular weight is 393 g/mol. The standard InChI is InChI=1S/C18H20INO/c1-21-17-9-7-14(8-10-17)13-20-16(12-19)11-18(20)15-5-3-2-4-6-15/h2-10,16,18H,11-13H2,1H3/t16-,18+/m0/s1. The van der Waals surface area contributed by atoms with E-state index in [1.807, 2.05) is 12.1 Å². The Morgan fingerprint density at radius 3 is 2.43 bits per heavy atom. The Morgan fingerprint density at radius 2 is 1.81 bits per heavy atom. The van der Waals surface area contributed by atoms with Crippen LogP contribution in [0.5, 0.6) is 5.75 Å². The van der Waals surface area contributed by atoms with Gasteiger partial charge < -0.3 is 4.74 Å². The lowest BCUT2D eigenvalue weighted by atomic mass is 9.87. The predicted octanol–water partition coefficient (Wildman–Crippen LogP) is 4.45. The zero-order valence-electron chi connectivity index (χ0n) is 12.2. The minimum atomic E-state index is 0.563. The van der Waals surface area contributed by atoms with Crippen molar-refractivity contribution in [3.05, 3.63) is 65.7 Å². The van der Waals surface area contributed by atoms with Gasteiger partial charge in [-0.1, -0.05) is 65.1 Å². The van der Waals surface area contributed by atoms with E-state index in [0.29, 0.717) is 12.1 Å². The first kappa shape index (κ1) is 14.9. The van der Waals surface area contributed by atoms with Crippen molar-refractivity contribution in [3.8, 4) is 5.75 Å². The maximum atomic E-state index is 5.23. The largest absolute Gasteiger partial charge is 0.497 e. The van der Waals surface area contributed by atoms with Crippen molar-refractivity contribution in [2.75, 3.05) is 11.5 Å². The SMILES string of the molecule is COc1ccc(CN2[C@H](CI)C[C@@H]2c2ccccc2)cc1. The summed E-state index contributed by atoms with van der Waals surface area (Å²) >= 11 is 2.50. The van der Waals surface area contributed by atoms with Crippen LogP contribution in [-0.4, -0.2) is 22.5 Å². The number of halogens is 1. The molecule has 21 heavy (non-hydrogen) atoms. The van der Waals surface area contributed by atoms with Gasteiger partial charge in [0.2, 0.25) is 0 Å². The molecule has 0 unspecified atom stereocenters. The second kappa shape index (κ2) is 6.79. The van der Waals surface area contributed by atoms with E-state index >= 15 is 0 Å². The normalized spacial score (nSPS) is 21.8. The van der Waals surface area contributed by atoms with E-state index in [1.54, 1.807) is 7.11 Å². The van der Waals surface area contributed by atoms with E-state index < -0.39 is 0 Å². The van der Waals surface area contributed by atoms with Crippen LogP contribution in [0.2, 0.25) is 0 Å². The van der Waals surface area contributed by atoms with Gasteiger partial charge in [-0.05, 0) is 29.7 Å². The fraction of sp³-hybridized carbons (Fsp3) is 0.333. The summed E-state index contributed by atoms with van der Waals surface area (Å²) in [5.74, 6) is 0.924. The summed E-state index contributed by atoms with van der Waals surface area (Å²) in [5, 5.41) is 0. The Hall–Kier alpha value is -1.07. The monoisotopic (exact) mass is 393 g/mol. The van der Waals surface area contributed by atoms with E-state index in [4.69, 9.17) is 4.74 Å². The van der Waals surface area contributed by atoms with E-state index in [9.17, 15) is 0 Å². The number of likely N-dealkylation sites (tertiary alicyclic amines) is 1. The molecule has 2 nitrogen and oxygen atoms in total. The number of rotatable bonds is 5. The Bertz CT molecular complexity index is 570. The summed E-state index contributed by atoms with van der Waals surface area (Å²) in [6.45, 7) is 1.01. The molecule has 1 fully saturated rings. The van der Waals surface area contributed by atoms with E-state index in [0.717, 1.165) is 12.3 Å². The number of alkyl halides is 1. The number of hydrogen-bond acceptors (Lipinski definition) is 2. The predicted molar refractivity (Wildman–Crippen MR) is 95.0 cm³/mol. The molecular formula is C18H20INO. The first-order valence-electron chi connectivity index (χ1n) is 7.31. The molecule has 0 bridgehead atoms. The molecule has 2 aromatic carbocycles. The molecule has 0 aliphatic carbocycles. The second-order valence-corrected chi connectivity index (χ2v) is 6.37. The third kappa shape index (κ3) is 3.24. The van der Waals surface area contributed by atoms with Crippen molar-refractivity contribution < 1.29 is 4.74 Å². The summed E-state index contributed by atoms with van der Waals surface area (Å²) < 4.78 is 6.42. The maximum Gasteiger partial charge on any atom is 0.118 e. The summed E-state index contributed by atoms with van der Waals surface area (Å²) in [4.78, 5) is 2.61. The van der Waals surface area contributed by atoms with Gasteiger partial charge in [0.1, 0.15) is 5.75 Å². The smallest absolute Gasteiger partial charge is 0.118 e. The highest BCUT2D eigenvalue weighted by molar-refractivity contribution is 14.1. The van der Waals surface area contributed by atoms with Gasteiger partial charge in [0.05, 0.1) is 7.11 Å². The van der Waals surface area contributed by atoms with E-state index in [2.05, 4.69) is 70.0 Å². The van der Waals surface area contributed by atoms with Gasteiger partial charge >= 0.3 is 0 Å². The van der Waals surface area contributed by atoms with Crippen molar-refractivity contribution >= 4 is 22.6 Å². The molecule has 0 N–H and O–H groups in total. The third-order valence-electron chi connectivity index (χ3n) is 4.25. The van der Waals surface area contributed by atoms with Gasteiger partial charge in [-0.2, -0.15) is 0 Å². The lowest BCUT2D eigenvalue weighted by Crippen LogP contribution is -2.50. The third-order valence-corrected chi connectivity index (χ3v) is 5.27. The Labute approximate surface area is 140 Å². The number of methoxy groups -OCH3 is 1. The zero-order valence-corrected chi connectivity index (χ0v) is 14.4. The van der Waals surface area contributed by atoms with Crippen LogP contribution in [0.1, 0.15) is 23.6 Å². The second-order valence-electron chi connectivity index (χ2n) is 5.49. The molecule has 0 radical (unpaired) electrons. The molecule has 1 saturated heterocycles. The zero-order chi connectivity index (χ0) is 14.7. The van der Waals surface area contributed by atoms with Crippen molar-refractivity contribution in [2.45, 2.75) is 25.0 Å². The quantitative estimate of drug-likeness (QED) is 0.550. The average Bonchev–Trinajstić information content (AvgIpc) is 2.54. The highest BCUT2D eigenvalue weighted by Crippen LogP contribution is 2.40. The highest BCUT2D eigenvalue weighted by atomic mass is 127. The molecule has 1 aliphatic heterocycles. The van der Waals surface area contributed by atoms with Gasteiger partial charge in [-0.15, -0.1) is 0 Å². The summed E-state index contributed by atoms with van der Waals surface area (Å²) in [6, 6.07) is 20.5. The molecular weight excluding hydrogens is 373 g/mol. The first-order valence-corrected chi connectivity index (χ1v) is 8.84. The fourth-order valence-corrected chi connectivity index (χ4v) is 3.85.